The van der Waals surface area contributed by atoms with Crippen LogP contribution in [0.25, 0.3) is 6.08 Å². The molecule has 0 saturated carbocycles. The number of hydrogen-bond acceptors (Lipinski definition) is 6. The molecule has 0 unspecified atom stereocenters. The molecule has 6 nitrogen and oxygen atoms in total. The van der Waals surface area contributed by atoms with E-state index in [1.165, 1.54) is 6.92 Å². The van der Waals surface area contributed by atoms with Gasteiger partial charge in [-0.15, -0.1) is 0 Å². The van der Waals surface area contributed by atoms with Crippen molar-refractivity contribution in [3.05, 3.63) is 137 Å². The molecule has 3 atom stereocenters. The van der Waals surface area contributed by atoms with Gasteiger partial charge in [0.15, 0.2) is 23.1 Å². The number of anilines is 1. The van der Waals surface area contributed by atoms with Crippen LogP contribution >= 0.6 is 0 Å². The minimum Gasteiger partial charge on any atom is -0.424 e. The first-order valence-corrected chi connectivity index (χ1v) is 13.6. The van der Waals surface area contributed by atoms with Crippen molar-refractivity contribution >= 4 is 35.1 Å². The summed E-state index contributed by atoms with van der Waals surface area (Å²) >= 11 is 0. The molecule has 0 bridgehead atoms. The van der Waals surface area contributed by atoms with Crippen LogP contribution in [0.1, 0.15) is 55.0 Å². The summed E-state index contributed by atoms with van der Waals surface area (Å²) in [6.07, 6.45) is 3.71. The quantitative estimate of drug-likeness (QED) is 0.138. The van der Waals surface area contributed by atoms with Crippen LogP contribution in [0.4, 0.5) is 5.69 Å². The summed E-state index contributed by atoms with van der Waals surface area (Å²) in [7, 11) is 0. The summed E-state index contributed by atoms with van der Waals surface area (Å²) in [6, 6.07) is 28.7. The van der Waals surface area contributed by atoms with Gasteiger partial charge in [-0.2, -0.15) is 0 Å². The van der Waals surface area contributed by atoms with Gasteiger partial charge in [-0.05, 0) is 11.6 Å². The van der Waals surface area contributed by atoms with Crippen LogP contribution < -0.4 is 9.64 Å². The fourth-order valence-corrected chi connectivity index (χ4v) is 7.03. The van der Waals surface area contributed by atoms with Gasteiger partial charge in [0.1, 0.15) is 11.5 Å². The van der Waals surface area contributed by atoms with Crippen LogP contribution in [-0.2, 0) is 4.79 Å². The highest BCUT2D eigenvalue weighted by molar-refractivity contribution is 6.32. The molecule has 2 heterocycles. The highest BCUT2D eigenvalue weighted by Gasteiger charge is 2.71. The third-order valence-corrected chi connectivity index (χ3v) is 8.53. The number of carbonyl (C=O) groups is 4. The van der Waals surface area contributed by atoms with Gasteiger partial charge in [0.25, 0.3) is 0 Å². The number of carbonyl (C=O) groups excluding carboxylic acids is 4. The molecule has 0 N–H and O–H groups in total. The molecule has 3 aliphatic rings. The van der Waals surface area contributed by atoms with Crippen LogP contribution in [0.2, 0.25) is 0 Å². The van der Waals surface area contributed by atoms with E-state index in [-0.39, 0.29) is 23.1 Å². The van der Waals surface area contributed by atoms with Gasteiger partial charge in [-0.3, -0.25) is 19.2 Å². The number of ketones is 3. The van der Waals surface area contributed by atoms with E-state index in [1.807, 2.05) is 59.5 Å². The molecule has 2 aliphatic heterocycles. The van der Waals surface area contributed by atoms with E-state index < -0.39 is 29.4 Å². The van der Waals surface area contributed by atoms with E-state index >= 15 is 0 Å². The second-order valence-corrected chi connectivity index (χ2v) is 10.6. The monoisotopic (exact) mass is 539 g/mol. The minimum absolute atomic E-state index is 0.225. The third-order valence-electron chi connectivity index (χ3n) is 8.53. The second kappa shape index (κ2) is 9.24. The van der Waals surface area contributed by atoms with Crippen molar-refractivity contribution in [2.75, 3.05) is 4.90 Å². The molecule has 1 spiro atoms. The Morgan fingerprint density at radius 1 is 0.756 bits per heavy atom. The van der Waals surface area contributed by atoms with Crippen molar-refractivity contribution in [1.82, 2.24) is 0 Å². The molecular weight excluding hydrogens is 514 g/mol. The number of benzene rings is 4. The normalized spacial score (nSPS) is 21.4. The van der Waals surface area contributed by atoms with Crippen molar-refractivity contribution < 1.29 is 23.9 Å². The van der Waals surface area contributed by atoms with E-state index in [4.69, 9.17) is 4.74 Å². The first kappa shape index (κ1) is 24.9. The van der Waals surface area contributed by atoms with Gasteiger partial charge >= 0.3 is 5.97 Å². The van der Waals surface area contributed by atoms with Crippen LogP contribution in [0.15, 0.2) is 109 Å². The first-order valence-electron chi connectivity index (χ1n) is 13.6. The Bertz CT molecular complexity index is 1740. The Labute approximate surface area is 236 Å². The lowest BCUT2D eigenvalue weighted by Crippen LogP contribution is -2.48. The lowest BCUT2D eigenvalue weighted by atomic mass is 9.64. The average molecular weight is 540 g/mol. The van der Waals surface area contributed by atoms with Crippen LogP contribution in [-0.4, -0.2) is 35.4 Å². The summed E-state index contributed by atoms with van der Waals surface area (Å²) in [5.74, 6) is -1.89. The van der Waals surface area contributed by atoms with Gasteiger partial charge in [0.05, 0.1) is 11.7 Å². The molecule has 0 amide bonds. The molecule has 6 heteroatoms. The Balaban J connectivity index is 1.57. The Morgan fingerprint density at radius 2 is 1.37 bits per heavy atom. The number of fused-ring (bicyclic) bond motifs is 5. The molecule has 7 rings (SSSR count). The Morgan fingerprint density at radius 3 is 2.00 bits per heavy atom. The van der Waals surface area contributed by atoms with Crippen molar-refractivity contribution in [3.63, 3.8) is 0 Å². The number of hydrogen-bond donors (Lipinski definition) is 0. The van der Waals surface area contributed by atoms with E-state index in [1.54, 1.807) is 60.7 Å². The SMILES string of the molecule is CC(=O)Oc1cccc2c1N1[C@@H](C(=O)c3ccccc3)[C@H](c3ccccc3)C3(C(=O)c4ccccc4C3=O)[C@H]1C=C2. The highest BCUT2D eigenvalue weighted by Crippen LogP contribution is 2.62. The smallest absolute Gasteiger partial charge is 0.308 e. The molecule has 0 aromatic heterocycles. The zero-order chi connectivity index (χ0) is 28.3. The largest absolute Gasteiger partial charge is 0.424 e. The van der Waals surface area contributed by atoms with E-state index in [0.29, 0.717) is 27.9 Å². The average Bonchev–Trinajstić information content (AvgIpc) is 3.43. The third kappa shape index (κ3) is 3.43. The van der Waals surface area contributed by atoms with E-state index in [9.17, 15) is 19.2 Å². The van der Waals surface area contributed by atoms with E-state index in [2.05, 4.69) is 0 Å². The van der Waals surface area contributed by atoms with Crippen molar-refractivity contribution in [3.8, 4) is 5.75 Å². The van der Waals surface area contributed by atoms with Crippen molar-refractivity contribution in [2.45, 2.75) is 24.9 Å². The predicted molar refractivity (Wildman–Crippen MR) is 154 cm³/mol. The van der Waals surface area contributed by atoms with Crippen molar-refractivity contribution in [2.24, 2.45) is 5.41 Å². The van der Waals surface area contributed by atoms with Gasteiger partial charge < -0.3 is 9.64 Å². The lowest BCUT2D eigenvalue weighted by molar-refractivity contribution is -0.131. The summed E-state index contributed by atoms with van der Waals surface area (Å²) in [5, 5.41) is 0. The number of rotatable bonds is 4. The molecule has 1 aliphatic carbocycles. The fourth-order valence-electron chi connectivity index (χ4n) is 7.03. The zero-order valence-electron chi connectivity index (χ0n) is 22.2. The maximum atomic E-state index is 14.7. The second-order valence-electron chi connectivity index (χ2n) is 10.6. The molecule has 4 aromatic rings. The fraction of sp³-hybridized carbons (Fsp3) is 0.143. The first-order chi connectivity index (χ1) is 19.9. The minimum atomic E-state index is -1.61. The van der Waals surface area contributed by atoms with Crippen LogP contribution in [0, 0.1) is 5.41 Å². The Kier molecular flexibility index (Phi) is 5.61. The van der Waals surface area contributed by atoms with Gasteiger partial charge in [0.2, 0.25) is 0 Å². The van der Waals surface area contributed by atoms with Gasteiger partial charge in [-0.1, -0.05) is 109 Å². The summed E-state index contributed by atoms with van der Waals surface area (Å²) in [6.45, 7) is 1.32. The summed E-state index contributed by atoms with van der Waals surface area (Å²) < 4.78 is 5.67. The van der Waals surface area contributed by atoms with Crippen LogP contribution in [0.3, 0.4) is 0 Å². The molecule has 41 heavy (non-hydrogen) atoms. The maximum Gasteiger partial charge on any atom is 0.308 e. The molecule has 4 aromatic carbocycles. The summed E-state index contributed by atoms with van der Waals surface area (Å²) in [4.78, 5) is 58.0. The number of Topliss-reactive ketones (excluding diaryl/α,β-unsaturated/α-hetero) is 3. The molecule has 200 valence electrons. The molecule has 1 fully saturated rings. The summed E-state index contributed by atoms with van der Waals surface area (Å²) in [5.41, 5.74) is 1.52. The lowest BCUT2D eigenvalue weighted by Gasteiger charge is -2.37. The maximum absolute atomic E-state index is 14.7. The van der Waals surface area contributed by atoms with Gasteiger partial charge in [0, 0.05) is 35.1 Å². The number of ether oxygens (including phenoxy) is 1. The predicted octanol–water partition coefficient (Wildman–Crippen LogP) is 5.93. The standard InChI is InChI=1S/C35H25NO5/c1-21(37)41-27-18-10-15-23-19-20-28-35(33(39)25-16-8-9-17-26(25)34(35)40)29(22-11-4-2-5-12-22)31(36(28)30(23)27)32(38)24-13-6-3-7-14-24/h2-20,28-29,31H,1H3/t28-,29+,31-/m1/s1. The number of esters is 1. The van der Waals surface area contributed by atoms with E-state index in [0.717, 1.165) is 5.56 Å². The topological polar surface area (TPSA) is 80.8 Å². The van der Waals surface area contributed by atoms with Gasteiger partial charge in [-0.25, -0.2) is 0 Å². The molecule has 0 radical (unpaired) electrons. The van der Waals surface area contributed by atoms with Crippen LogP contribution in [0.5, 0.6) is 5.75 Å². The highest BCUT2D eigenvalue weighted by atomic mass is 16.5. The van der Waals surface area contributed by atoms with Crippen molar-refractivity contribution in [1.29, 1.82) is 0 Å². The Hall–Kier alpha value is -5.10. The molecular formula is C35H25NO5. The number of para-hydroxylation sites is 1. The zero-order valence-corrected chi connectivity index (χ0v) is 22.2. The number of nitrogens with zero attached hydrogens (tertiary/aromatic N) is 1. The molecule has 1 saturated heterocycles.